The van der Waals surface area contributed by atoms with E-state index in [1.165, 1.54) is 65.4 Å². The van der Waals surface area contributed by atoms with Gasteiger partial charge in [-0.05, 0) is 14.1 Å². The van der Waals surface area contributed by atoms with Crippen LogP contribution in [-0.2, 0) is 17.1 Å². The molecule has 2 bridgehead atoms. The molecule has 0 aliphatic carbocycles. The maximum Gasteiger partial charge on any atom is 2.00 e. The average Bonchev–Trinajstić information content (AvgIpc) is 2.53. The molecule has 0 N–H and O–H groups in total. The van der Waals surface area contributed by atoms with Crippen LogP contribution in [0.2, 0.25) is 0 Å². The second-order valence-corrected chi connectivity index (χ2v) is 11.0. The van der Waals surface area contributed by atoms with Gasteiger partial charge in [0.15, 0.2) is 0 Å². The largest absolute Gasteiger partial charge is 2.00 e. The zero-order valence-electron chi connectivity index (χ0n) is 16.7. The van der Waals surface area contributed by atoms with Gasteiger partial charge in [-0.25, -0.2) is 0 Å². The van der Waals surface area contributed by atoms with Crippen molar-refractivity contribution in [3.63, 3.8) is 0 Å². The summed E-state index contributed by atoms with van der Waals surface area (Å²) < 4.78 is 118. The molecule has 0 atom stereocenters. The van der Waals surface area contributed by atoms with Gasteiger partial charge in [0.05, 0.1) is 0 Å². The number of hydrogen-bond donors (Lipinski definition) is 0. The summed E-state index contributed by atoms with van der Waals surface area (Å²) in [7, 11) is -16.8. The molecule has 2 fully saturated rings. The minimum Gasteiger partial charge on any atom is 2.00 e. The standard InChI is InChI=1S/C12H26N4.2F6P.Mn/c1-13-3-7-15-9-5-14(2)6-10-16(8-4-13)12-11-15;2*1-7(2,3,4,5)6;/h3-12H2,1-2H3;;;/q;2*-1;+2. The number of rotatable bonds is 0. The van der Waals surface area contributed by atoms with Gasteiger partial charge >= 0.3 is 83.0 Å². The molecule has 2 aliphatic heterocycles. The van der Waals surface area contributed by atoms with E-state index in [0.717, 1.165) is 0 Å². The Morgan fingerprint density at radius 1 is 0.387 bits per heavy atom. The van der Waals surface area contributed by atoms with Crippen molar-refractivity contribution >= 4 is 15.6 Å². The summed E-state index contributed by atoms with van der Waals surface area (Å²) in [6.07, 6.45) is 0. The molecule has 2 saturated heterocycles. The van der Waals surface area contributed by atoms with Crippen LogP contribution >= 0.6 is 15.6 Å². The maximum absolute atomic E-state index is 10.7. The summed E-state index contributed by atoms with van der Waals surface area (Å²) in [5, 5.41) is 0. The van der Waals surface area contributed by atoms with Crippen LogP contribution in [0.25, 0.3) is 0 Å². The summed E-state index contributed by atoms with van der Waals surface area (Å²) >= 11 is 0. The Morgan fingerprint density at radius 3 is 0.677 bits per heavy atom. The first-order valence-electron chi connectivity index (χ1n) is 8.59. The number of nitrogens with zero attached hydrogens (tertiary/aromatic N) is 4. The summed E-state index contributed by atoms with van der Waals surface area (Å²) in [5.74, 6) is 0. The summed E-state index contributed by atoms with van der Waals surface area (Å²) in [4.78, 5) is 10.2. The van der Waals surface area contributed by atoms with Gasteiger partial charge in [0.2, 0.25) is 0 Å². The smallest absolute Gasteiger partial charge is 2.00 e. The predicted molar refractivity (Wildman–Crippen MR) is 95.0 cm³/mol. The van der Waals surface area contributed by atoms with E-state index in [4.69, 9.17) is 0 Å². The van der Waals surface area contributed by atoms with Gasteiger partial charge in [-0.1, -0.05) is 0 Å². The van der Waals surface area contributed by atoms with Crippen molar-refractivity contribution in [1.82, 2.24) is 19.6 Å². The van der Waals surface area contributed by atoms with Crippen molar-refractivity contribution in [3.05, 3.63) is 0 Å². The third kappa shape index (κ3) is 38.0. The van der Waals surface area contributed by atoms with Gasteiger partial charge in [-0.3, -0.25) is 9.80 Å². The molecule has 0 aromatic heterocycles. The molecule has 0 aromatic rings. The van der Waals surface area contributed by atoms with Crippen molar-refractivity contribution < 1.29 is 67.4 Å². The Morgan fingerprint density at radius 2 is 0.516 bits per heavy atom. The zero-order chi connectivity index (χ0) is 24.2. The molecule has 2 heterocycles. The molecule has 195 valence electrons. The molecule has 1 radical (unpaired) electrons. The summed E-state index contributed by atoms with van der Waals surface area (Å²) in [6, 6.07) is 0. The fourth-order valence-corrected chi connectivity index (χ4v) is 2.43. The van der Waals surface area contributed by atoms with Gasteiger partial charge in [-0.15, -0.1) is 0 Å². The van der Waals surface area contributed by atoms with E-state index in [2.05, 4.69) is 33.7 Å². The van der Waals surface area contributed by atoms with Crippen LogP contribution < -0.4 is 0 Å². The van der Waals surface area contributed by atoms with Crippen LogP contribution in [0.3, 0.4) is 0 Å². The monoisotopic (exact) mass is 571 g/mol. The van der Waals surface area contributed by atoms with E-state index in [9.17, 15) is 50.4 Å². The second kappa shape index (κ2) is 9.56. The maximum atomic E-state index is 9.87. The number of fused-ring (bicyclic) bond motifs is 3. The normalized spacial score (nSPS) is 28.8. The molecular weight excluding hydrogens is 545 g/mol. The first-order chi connectivity index (χ1) is 12.6. The molecule has 4 nitrogen and oxygen atoms in total. The van der Waals surface area contributed by atoms with E-state index < -0.39 is 15.6 Å². The summed E-state index contributed by atoms with van der Waals surface area (Å²) in [6.45, 7) is 12.3. The van der Waals surface area contributed by atoms with Gasteiger partial charge in [0.25, 0.3) is 0 Å². The molecular formula is C12H26F12MnN4P2. The molecule has 19 heteroatoms. The molecule has 0 saturated carbocycles. The first kappa shape index (κ1) is 33.6. The van der Waals surface area contributed by atoms with Gasteiger partial charge in [0, 0.05) is 65.4 Å². The third-order valence-electron chi connectivity index (χ3n) is 3.92. The van der Waals surface area contributed by atoms with Gasteiger partial charge in [0.1, 0.15) is 0 Å². The molecule has 0 aromatic carbocycles. The van der Waals surface area contributed by atoms with Crippen molar-refractivity contribution in [1.29, 1.82) is 0 Å². The number of hydrogen-bond acceptors (Lipinski definition) is 4. The minimum absolute atomic E-state index is 0. The fourth-order valence-electron chi connectivity index (χ4n) is 2.43. The topological polar surface area (TPSA) is 13.0 Å². The van der Waals surface area contributed by atoms with Crippen LogP contribution in [0.4, 0.5) is 50.4 Å². The Hall–Kier alpha value is 0.379. The SMILES string of the molecule is CN1CCN2CCN(C)CCN(CC1)CC2.F[P-](F)(F)(F)(F)F.F[P-](F)(F)(F)(F)F.[Mn+2]. The number of halogens is 12. The predicted octanol–water partition coefficient (Wildman–Crippen LogP) is 6.24. The molecule has 31 heavy (non-hydrogen) atoms. The van der Waals surface area contributed by atoms with Gasteiger partial charge in [-0.2, -0.15) is 0 Å². The van der Waals surface area contributed by atoms with E-state index in [1.54, 1.807) is 0 Å². The molecule has 0 spiro atoms. The van der Waals surface area contributed by atoms with Crippen molar-refractivity contribution in [2.75, 3.05) is 79.5 Å². The van der Waals surface area contributed by atoms with Crippen molar-refractivity contribution in [2.45, 2.75) is 0 Å². The zero-order valence-corrected chi connectivity index (χ0v) is 19.6. The van der Waals surface area contributed by atoms with Crippen LogP contribution in [0.15, 0.2) is 0 Å². The average molecular weight is 571 g/mol. The van der Waals surface area contributed by atoms with Gasteiger partial charge < -0.3 is 9.80 Å². The Bertz CT molecular complexity index is 465. The van der Waals surface area contributed by atoms with E-state index >= 15 is 0 Å². The second-order valence-electron chi connectivity index (χ2n) is 7.21. The number of likely N-dealkylation sites (N-methyl/N-ethyl adjacent to an activating group) is 2. The quantitative estimate of drug-likeness (QED) is 0.194. The van der Waals surface area contributed by atoms with Crippen LogP contribution in [-0.4, -0.2) is 99.1 Å². The molecule has 2 aliphatic rings. The Balaban J connectivity index is 0. The van der Waals surface area contributed by atoms with Crippen molar-refractivity contribution in [2.24, 2.45) is 0 Å². The van der Waals surface area contributed by atoms with Crippen LogP contribution in [0.5, 0.6) is 0 Å². The molecule has 0 amide bonds. The van der Waals surface area contributed by atoms with Crippen molar-refractivity contribution in [3.8, 4) is 0 Å². The van der Waals surface area contributed by atoms with E-state index in [0.29, 0.717) is 0 Å². The Labute approximate surface area is 182 Å². The van der Waals surface area contributed by atoms with Crippen LogP contribution in [0, 0.1) is 0 Å². The molecule has 0 unspecified atom stereocenters. The third-order valence-corrected chi connectivity index (χ3v) is 3.92. The summed E-state index contributed by atoms with van der Waals surface area (Å²) in [5.41, 5.74) is 0. The van der Waals surface area contributed by atoms with E-state index in [1.807, 2.05) is 0 Å². The van der Waals surface area contributed by atoms with E-state index in [-0.39, 0.29) is 17.1 Å². The molecule has 2 rings (SSSR count). The Kier molecular flexibility index (Phi) is 10.3. The minimum atomic E-state index is -10.7. The first-order valence-corrected chi connectivity index (χ1v) is 12.6. The fraction of sp³-hybridized carbons (Fsp3) is 1.00. The van der Waals surface area contributed by atoms with Crippen LogP contribution in [0.1, 0.15) is 0 Å².